The Bertz CT molecular complexity index is 317. The zero-order chi connectivity index (χ0) is 9.30. The van der Waals surface area contributed by atoms with Gasteiger partial charge in [-0.3, -0.25) is 0 Å². The molecule has 2 nitrogen and oxygen atoms in total. The maximum absolute atomic E-state index is 12.9. The zero-order valence-corrected chi connectivity index (χ0v) is 6.95. The molecule has 1 rings (SSSR count). The molecule has 0 aliphatic heterocycles. The Balaban J connectivity index is 3.39. The van der Waals surface area contributed by atoms with Gasteiger partial charge in [-0.2, -0.15) is 0 Å². The van der Waals surface area contributed by atoms with Crippen molar-refractivity contribution in [1.29, 1.82) is 0 Å². The molecule has 2 N–H and O–H groups in total. The van der Waals surface area contributed by atoms with Gasteiger partial charge < -0.3 is 10.5 Å². The van der Waals surface area contributed by atoms with Gasteiger partial charge in [-0.05, 0) is 0 Å². The van der Waals surface area contributed by atoms with Gasteiger partial charge in [-0.1, -0.05) is 11.6 Å². The molecule has 66 valence electrons. The van der Waals surface area contributed by atoms with Crippen molar-refractivity contribution in [3.63, 3.8) is 0 Å². The second kappa shape index (κ2) is 3.15. The molecule has 0 amide bonds. The lowest BCUT2D eigenvalue weighted by atomic mass is 10.3. The van der Waals surface area contributed by atoms with E-state index in [1.54, 1.807) is 0 Å². The van der Waals surface area contributed by atoms with Crippen molar-refractivity contribution in [3.8, 4) is 5.75 Å². The normalized spacial score (nSPS) is 10.0. The number of methoxy groups -OCH3 is 1. The second-order valence-electron chi connectivity index (χ2n) is 2.10. The number of nitrogens with two attached hydrogens (primary N) is 1. The second-order valence-corrected chi connectivity index (χ2v) is 2.48. The largest absolute Gasteiger partial charge is 0.494 e. The third kappa shape index (κ3) is 1.30. The molecule has 0 fully saturated rings. The van der Waals surface area contributed by atoms with E-state index in [-0.39, 0.29) is 11.4 Å². The number of hydrogen-bond acceptors (Lipinski definition) is 2. The molecule has 0 spiro atoms. The van der Waals surface area contributed by atoms with E-state index in [4.69, 9.17) is 17.3 Å². The van der Waals surface area contributed by atoms with Gasteiger partial charge >= 0.3 is 0 Å². The molecule has 1 aromatic rings. The van der Waals surface area contributed by atoms with Gasteiger partial charge in [0.1, 0.15) is 22.3 Å². The molecule has 5 heteroatoms. The Morgan fingerprint density at radius 1 is 1.50 bits per heavy atom. The average molecular weight is 194 g/mol. The lowest BCUT2D eigenvalue weighted by molar-refractivity contribution is 0.410. The Labute approximate surface area is 72.9 Å². The first-order valence-electron chi connectivity index (χ1n) is 3.05. The molecule has 1 aromatic carbocycles. The van der Waals surface area contributed by atoms with Crippen LogP contribution < -0.4 is 10.5 Å². The first-order valence-corrected chi connectivity index (χ1v) is 3.42. The summed E-state index contributed by atoms with van der Waals surface area (Å²) in [6.07, 6.45) is 0. The minimum Gasteiger partial charge on any atom is -0.494 e. The average Bonchev–Trinajstić information content (AvgIpc) is 2.08. The molecular formula is C7H6ClF2NO. The SMILES string of the molecule is COc1cc(F)c(Cl)c(F)c1N. The van der Waals surface area contributed by atoms with Crippen molar-refractivity contribution < 1.29 is 13.5 Å². The fourth-order valence-corrected chi connectivity index (χ4v) is 0.913. The van der Waals surface area contributed by atoms with E-state index in [9.17, 15) is 8.78 Å². The molecule has 0 bridgehead atoms. The number of rotatable bonds is 1. The molecule has 0 radical (unpaired) electrons. The van der Waals surface area contributed by atoms with Crippen LogP contribution in [-0.4, -0.2) is 7.11 Å². The molecule has 0 saturated carbocycles. The standard InChI is InChI=1S/C7H6ClF2NO/c1-12-4-2-3(9)5(8)6(10)7(4)11/h2H,11H2,1H3. The number of benzene rings is 1. The summed E-state index contributed by atoms with van der Waals surface area (Å²) in [6, 6.07) is 0.931. The summed E-state index contributed by atoms with van der Waals surface area (Å²) in [5.74, 6) is -1.94. The van der Waals surface area contributed by atoms with E-state index in [2.05, 4.69) is 4.74 Å². The molecule has 12 heavy (non-hydrogen) atoms. The minimum atomic E-state index is -0.992. The summed E-state index contributed by atoms with van der Waals surface area (Å²) < 4.78 is 30.2. The van der Waals surface area contributed by atoms with Crippen LogP contribution in [0.5, 0.6) is 5.75 Å². The van der Waals surface area contributed by atoms with E-state index in [1.807, 2.05) is 0 Å². The number of anilines is 1. The van der Waals surface area contributed by atoms with Gasteiger partial charge in [0, 0.05) is 6.07 Å². The topological polar surface area (TPSA) is 35.2 Å². The van der Waals surface area contributed by atoms with Crippen LogP contribution in [0.15, 0.2) is 6.07 Å². The summed E-state index contributed by atoms with van der Waals surface area (Å²) in [6.45, 7) is 0. The Kier molecular flexibility index (Phi) is 2.38. The van der Waals surface area contributed by atoms with Crippen LogP contribution in [0.3, 0.4) is 0 Å². The highest BCUT2D eigenvalue weighted by molar-refractivity contribution is 6.31. The summed E-state index contributed by atoms with van der Waals surface area (Å²) in [5.41, 5.74) is 4.92. The lowest BCUT2D eigenvalue weighted by Crippen LogP contribution is -1.98. The van der Waals surface area contributed by atoms with Gasteiger partial charge in [0.2, 0.25) is 0 Å². The summed E-state index contributed by atoms with van der Waals surface area (Å²) in [7, 11) is 1.26. The first-order chi connectivity index (χ1) is 5.57. The van der Waals surface area contributed by atoms with E-state index < -0.39 is 16.7 Å². The van der Waals surface area contributed by atoms with Crippen molar-refractivity contribution >= 4 is 17.3 Å². The van der Waals surface area contributed by atoms with Crippen LogP contribution in [0.4, 0.5) is 14.5 Å². The quantitative estimate of drug-likeness (QED) is 0.548. The molecule has 0 aliphatic carbocycles. The number of ether oxygens (including phenoxy) is 1. The molecule has 0 aromatic heterocycles. The van der Waals surface area contributed by atoms with Gasteiger partial charge in [-0.25, -0.2) is 8.78 Å². The minimum absolute atomic E-state index is 0.0607. The Morgan fingerprint density at radius 3 is 2.58 bits per heavy atom. The van der Waals surface area contributed by atoms with Crippen LogP contribution in [0, 0.1) is 11.6 Å². The van der Waals surface area contributed by atoms with Crippen molar-refractivity contribution in [2.45, 2.75) is 0 Å². The van der Waals surface area contributed by atoms with Gasteiger partial charge in [0.15, 0.2) is 5.82 Å². The molecular weight excluding hydrogens is 188 g/mol. The van der Waals surface area contributed by atoms with Crippen LogP contribution in [0.2, 0.25) is 5.02 Å². The maximum atomic E-state index is 12.9. The number of hydrogen-bond donors (Lipinski definition) is 1. The third-order valence-corrected chi connectivity index (χ3v) is 1.73. The van der Waals surface area contributed by atoms with Crippen LogP contribution in [0.25, 0.3) is 0 Å². The summed E-state index contributed by atoms with van der Waals surface area (Å²) in [4.78, 5) is 0. The van der Waals surface area contributed by atoms with Gasteiger partial charge in [0.25, 0.3) is 0 Å². The predicted molar refractivity (Wildman–Crippen MR) is 42.3 cm³/mol. The van der Waals surface area contributed by atoms with E-state index in [1.165, 1.54) is 7.11 Å². The van der Waals surface area contributed by atoms with Crippen molar-refractivity contribution in [2.24, 2.45) is 0 Å². The predicted octanol–water partition coefficient (Wildman–Crippen LogP) is 2.21. The first kappa shape index (κ1) is 9.06. The summed E-state index contributed by atoms with van der Waals surface area (Å²) in [5, 5.41) is -0.617. The smallest absolute Gasteiger partial charge is 0.171 e. The molecule has 0 aliphatic rings. The Morgan fingerprint density at radius 2 is 2.08 bits per heavy atom. The highest BCUT2D eigenvalue weighted by Gasteiger charge is 2.14. The van der Waals surface area contributed by atoms with Crippen molar-refractivity contribution in [3.05, 3.63) is 22.7 Å². The molecule has 0 atom stereocenters. The number of nitrogen functional groups attached to an aromatic ring is 1. The fraction of sp³-hybridized carbons (Fsp3) is 0.143. The highest BCUT2D eigenvalue weighted by atomic mass is 35.5. The van der Waals surface area contributed by atoms with Crippen LogP contribution in [0.1, 0.15) is 0 Å². The maximum Gasteiger partial charge on any atom is 0.171 e. The van der Waals surface area contributed by atoms with Gasteiger partial charge in [0.05, 0.1) is 7.11 Å². The third-order valence-electron chi connectivity index (χ3n) is 1.38. The van der Waals surface area contributed by atoms with E-state index in [0.717, 1.165) is 6.07 Å². The van der Waals surface area contributed by atoms with Crippen molar-refractivity contribution in [2.75, 3.05) is 12.8 Å². The van der Waals surface area contributed by atoms with Gasteiger partial charge in [-0.15, -0.1) is 0 Å². The van der Waals surface area contributed by atoms with E-state index >= 15 is 0 Å². The Hall–Kier alpha value is -1.03. The molecule has 0 heterocycles. The summed E-state index contributed by atoms with van der Waals surface area (Å²) >= 11 is 5.23. The number of halogens is 3. The lowest BCUT2D eigenvalue weighted by Gasteiger charge is -2.06. The molecule has 0 unspecified atom stereocenters. The van der Waals surface area contributed by atoms with Crippen LogP contribution >= 0.6 is 11.6 Å². The van der Waals surface area contributed by atoms with Crippen LogP contribution in [-0.2, 0) is 0 Å². The molecule has 0 saturated heterocycles. The highest BCUT2D eigenvalue weighted by Crippen LogP contribution is 2.31. The monoisotopic (exact) mass is 193 g/mol. The zero-order valence-electron chi connectivity index (χ0n) is 6.20. The van der Waals surface area contributed by atoms with Crippen molar-refractivity contribution in [1.82, 2.24) is 0 Å². The fourth-order valence-electron chi connectivity index (χ4n) is 0.756. The van der Waals surface area contributed by atoms with E-state index in [0.29, 0.717) is 0 Å².